The van der Waals surface area contributed by atoms with E-state index in [2.05, 4.69) is 0 Å². The lowest BCUT2D eigenvalue weighted by molar-refractivity contribution is -0.991. The third-order valence-corrected chi connectivity index (χ3v) is 3.67. The first-order valence-corrected chi connectivity index (χ1v) is 6.58. The average molecular weight is 290 g/mol. The molecule has 2 aliphatic heterocycles. The highest BCUT2D eigenvalue weighted by Crippen LogP contribution is 2.34. The van der Waals surface area contributed by atoms with E-state index in [1.165, 1.54) is 17.0 Å². The molecule has 2 heterocycles. The standard InChI is InChI=1S/C14H14N2O5/c17-13-7-11-5-6-12(15(11)13)14(18)21-8-9-1-3-10(4-2-9)16(19)20/h1-4,6,11,16,19H,5,7-8H2/t11-/m1/s1. The molecular formula is C14H14N2O5. The zero-order chi connectivity index (χ0) is 15.0. The molecule has 2 N–H and O–H groups in total. The van der Waals surface area contributed by atoms with Crippen molar-refractivity contribution in [2.24, 2.45) is 0 Å². The van der Waals surface area contributed by atoms with Crippen molar-refractivity contribution in [3.05, 3.63) is 46.8 Å². The summed E-state index contributed by atoms with van der Waals surface area (Å²) < 4.78 is 5.16. The number of esters is 1. The van der Waals surface area contributed by atoms with Crippen LogP contribution in [0, 0.1) is 5.21 Å². The molecule has 0 saturated carbocycles. The number of ether oxygens (including phenoxy) is 1. The van der Waals surface area contributed by atoms with Crippen molar-refractivity contribution >= 4 is 17.6 Å². The number of rotatable bonds is 4. The third-order valence-electron chi connectivity index (χ3n) is 3.67. The van der Waals surface area contributed by atoms with Gasteiger partial charge >= 0.3 is 5.97 Å². The van der Waals surface area contributed by atoms with Crippen LogP contribution in [0.2, 0.25) is 0 Å². The number of hydrogen-bond donors (Lipinski definition) is 2. The molecule has 3 rings (SSSR count). The minimum absolute atomic E-state index is 0.0444. The van der Waals surface area contributed by atoms with Crippen molar-refractivity contribution in [1.29, 1.82) is 0 Å². The Balaban J connectivity index is 1.58. The van der Waals surface area contributed by atoms with Gasteiger partial charge in [-0.3, -0.25) is 4.79 Å². The normalized spacial score (nSPS) is 21.4. The Morgan fingerprint density at radius 1 is 1.43 bits per heavy atom. The van der Waals surface area contributed by atoms with E-state index in [0.29, 0.717) is 24.1 Å². The molecule has 21 heavy (non-hydrogen) atoms. The van der Waals surface area contributed by atoms with Gasteiger partial charge in [0.2, 0.25) is 5.91 Å². The Hall–Kier alpha value is -2.22. The predicted molar refractivity (Wildman–Crippen MR) is 70.0 cm³/mol. The van der Waals surface area contributed by atoms with Crippen LogP contribution in [0.1, 0.15) is 18.4 Å². The summed E-state index contributed by atoms with van der Waals surface area (Å²) >= 11 is 0. The maximum absolute atomic E-state index is 12.0. The van der Waals surface area contributed by atoms with Gasteiger partial charge in [-0.2, -0.15) is 5.23 Å². The lowest BCUT2D eigenvalue weighted by Gasteiger charge is -2.35. The SMILES string of the molecule is O=C(OCc1ccc([NH+]([O-])O)cc1)C1=CC[C@@H]2CC(=O)N12. The molecule has 0 bridgehead atoms. The van der Waals surface area contributed by atoms with E-state index in [-0.39, 0.29) is 24.2 Å². The number of carbonyl (C=O) groups is 2. The summed E-state index contributed by atoms with van der Waals surface area (Å²) in [6.07, 6.45) is 2.92. The van der Waals surface area contributed by atoms with Crippen molar-refractivity contribution in [1.82, 2.24) is 4.90 Å². The first kappa shape index (κ1) is 13.7. The molecule has 2 aliphatic rings. The third kappa shape index (κ3) is 2.54. The molecule has 0 radical (unpaired) electrons. The molecule has 2 atom stereocenters. The van der Waals surface area contributed by atoms with Crippen LogP contribution in [0.3, 0.4) is 0 Å². The van der Waals surface area contributed by atoms with Gasteiger partial charge < -0.3 is 14.8 Å². The minimum atomic E-state index is -1.00. The van der Waals surface area contributed by atoms with Gasteiger partial charge in [0, 0.05) is 24.6 Å². The monoisotopic (exact) mass is 290 g/mol. The highest BCUT2D eigenvalue weighted by atomic mass is 16.8. The van der Waals surface area contributed by atoms with Crippen LogP contribution in [-0.4, -0.2) is 28.0 Å². The van der Waals surface area contributed by atoms with Crippen LogP contribution in [0.15, 0.2) is 36.0 Å². The molecule has 0 aromatic heterocycles. The molecule has 7 heteroatoms. The fourth-order valence-electron chi connectivity index (χ4n) is 2.50. The zero-order valence-electron chi connectivity index (χ0n) is 11.1. The summed E-state index contributed by atoms with van der Waals surface area (Å²) in [5, 5.41) is 18.5. The van der Waals surface area contributed by atoms with Gasteiger partial charge in [0.05, 0.1) is 0 Å². The van der Waals surface area contributed by atoms with Crippen LogP contribution < -0.4 is 5.23 Å². The smallest absolute Gasteiger partial charge is 0.355 e. The molecule has 1 aromatic rings. The molecular weight excluding hydrogens is 276 g/mol. The number of nitrogens with zero attached hydrogens (tertiary/aromatic N) is 1. The highest BCUT2D eigenvalue weighted by molar-refractivity contribution is 5.98. The first-order chi connectivity index (χ1) is 10.1. The fourth-order valence-corrected chi connectivity index (χ4v) is 2.50. The number of fused-ring (bicyclic) bond motifs is 1. The van der Waals surface area contributed by atoms with Gasteiger partial charge in [0.25, 0.3) is 0 Å². The number of quaternary nitrogens is 1. The second-order valence-corrected chi connectivity index (χ2v) is 5.02. The molecule has 1 amide bonds. The van der Waals surface area contributed by atoms with Crippen molar-refractivity contribution in [3.8, 4) is 0 Å². The number of β-lactam (4-membered cyclic amide) rings is 1. The van der Waals surface area contributed by atoms with Crippen molar-refractivity contribution in [2.45, 2.75) is 25.5 Å². The van der Waals surface area contributed by atoms with Gasteiger partial charge in [0.1, 0.15) is 12.3 Å². The topological polar surface area (TPSA) is 94.3 Å². The summed E-state index contributed by atoms with van der Waals surface area (Å²) in [7, 11) is 0. The lowest BCUT2D eigenvalue weighted by atomic mass is 10.0. The predicted octanol–water partition coefficient (Wildman–Crippen LogP) is 0.0217. The second-order valence-electron chi connectivity index (χ2n) is 5.02. The second kappa shape index (κ2) is 5.28. The summed E-state index contributed by atoms with van der Waals surface area (Å²) in [5.41, 5.74) is 1.19. The maximum Gasteiger partial charge on any atom is 0.355 e. The van der Waals surface area contributed by atoms with E-state index in [0.717, 1.165) is 0 Å². The Morgan fingerprint density at radius 2 is 2.14 bits per heavy atom. The van der Waals surface area contributed by atoms with Crippen LogP contribution >= 0.6 is 0 Å². The van der Waals surface area contributed by atoms with Gasteiger partial charge in [-0.15, -0.1) is 0 Å². The zero-order valence-corrected chi connectivity index (χ0v) is 11.1. The number of benzene rings is 1. The van der Waals surface area contributed by atoms with Gasteiger partial charge in [0.15, 0.2) is 5.69 Å². The van der Waals surface area contributed by atoms with Gasteiger partial charge in [-0.05, 0) is 24.1 Å². The number of nitrogens with one attached hydrogen (secondary N) is 1. The lowest BCUT2D eigenvalue weighted by Crippen LogP contribution is -2.99. The van der Waals surface area contributed by atoms with Gasteiger partial charge in [-0.25, -0.2) is 10.0 Å². The van der Waals surface area contributed by atoms with E-state index in [1.807, 2.05) is 0 Å². The minimum Gasteiger partial charge on any atom is -0.595 e. The summed E-state index contributed by atoms with van der Waals surface area (Å²) in [4.78, 5) is 24.9. The van der Waals surface area contributed by atoms with Crippen molar-refractivity contribution in [2.75, 3.05) is 0 Å². The van der Waals surface area contributed by atoms with Crippen LogP contribution in [0.5, 0.6) is 0 Å². The number of hydrogen-bond acceptors (Lipinski definition) is 5. The summed E-state index contributed by atoms with van der Waals surface area (Å²) in [6.45, 7) is 0.0444. The Morgan fingerprint density at radius 3 is 2.76 bits per heavy atom. The molecule has 1 unspecified atom stereocenters. The van der Waals surface area contributed by atoms with Gasteiger partial charge in [-0.1, -0.05) is 6.08 Å². The number of amides is 1. The largest absolute Gasteiger partial charge is 0.595 e. The Bertz CT molecular complexity index is 608. The molecule has 1 aromatic carbocycles. The molecule has 1 fully saturated rings. The van der Waals surface area contributed by atoms with E-state index in [4.69, 9.17) is 9.94 Å². The van der Waals surface area contributed by atoms with Crippen LogP contribution in [0.4, 0.5) is 5.69 Å². The fraction of sp³-hybridized carbons (Fsp3) is 0.286. The van der Waals surface area contributed by atoms with Crippen LogP contribution in [0.25, 0.3) is 0 Å². The first-order valence-electron chi connectivity index (χ1n) is 6.58. The molecule has 0 aliphatic carbocycles. The maximum atomic E-state index is 12.0. The Labute approximate surface area is 120 Å². The van der Waals surface area contributed by atoms with Crippen molar-refractivity contribution < 1.29 is 24.8 Å². The highest BCUT2D eigenvalue weighted by Gasteiger charge is 2.44. The number of carbonyl (C=O) groups excluding carboxylic acids is 2. The van der Waals surface area contributed by atoms with E-state index in [1.54, 1.807) is 18.2 Å². The average Bonchev–Trinajstić information content (AvgIpc) is 2.82. The molecule has 0 spiro atoms. The molecule has 7 nitrogen and oxygen atoms in total. The van der Waals surface area contributed by atoms with Crippen LogP contribution in [-0.2, 0) is 20.9 Å². The van der Waals surface area contributed by atoms with Crippen molar-refractivity contribution in [3.63, 3.8) is 0 Å². The Kier molecular flexibility index (Phi) is 3.46. The molecule has 1 saturated heterocycles. The summed E-state index contributed by atoms with van der Waals surface area (Å²) in [6, 6.07) is 6.22. The van der Waals surface area contributed by atoms with E-state index in [9.17, 15) is 14.8 Å². The molecule has 110 valence electrons. The summed E-state index contributed by atoms with van der Waals surface area (Å²) in [5.74, 6) is -0.570. The van der Waals surface area contributed by atoms with E-state index >= 15 is 0 Å². The quantitative estimate of drug-likeness (QED) is 0.463. The van der Waals surface area contributed by atoms with E-state index < -0.39 is 11.2 Å².